The lowest BCUT2D eigenvalue weighted by molar-refractivity contribution is -0.119. The van der Waals surface area contributed by atoms with Crippen molar-refractivity contribution >= 4 is 34.6 Å². The third-order valence-corrected chi connectivity index (χ3v) is 6.45. The maximum atomic E-state index is 12.3. The fourth-order valence-corrected chi connectivity index (χ4v) is 4.92. The average Bonchev–Trinajstić information content (AvgIpc) is 3.54. The Balaban J connectivity index is 1.62. The Morgan fingerprint density at radius 1 is 1.05 bits per heavy atom. The highest BCUT2D eigenvalue weighted by atomic mass is 32.1. The number of nitrogens with one attached hydrogen (secondary N) is 2. The highest BCUT2D eigenvalue weighted by Gasteiger charge is 2.42. The minimum absolute atomic E-state index is 0.0686. The number of hydrogen-bond donors (Lipinski definition) is 2. The highest BCUT2D eigenvalue weighted by molar-refractivity contribution is 7.80. The van der Waals surface area contributed by atoms with Gasteiger partial charge in [0, 0.05) is 49.0 Å². The van der Waals surface area contributed by atoms with Crippen molar-refractivity contribution in [1.29, 1.82) is 0 Å². The maximum Gasteiger partial charge on any atom is 0.250 e. The van der Waals surface area contributed by atoms with Gasteiger partial charge in [0.2, 0.25) is 5.91 Å². The largest absolute Gasteiger partial charge is 0.495 e. The van der Waals surface area contributed by atoms with Crippen LogP contribution in [0.3, 0.4) is 0 Å². The quantitative estimate of drug-likeness (QED) is 0.341. The number of carbonyl (C=O) groups excluding carboxylic acids is 1. The summed E-state index contributed by atoms with van der Waals surface area (Å²) >= 11 is 5.87. The number of ether oxygens (including phenoxy) is 2. The molecule has 1 aromatic carbocycles. The summed E-state index contributed by atoms with van der Waals surface area (Å²) in [4.78, 5) is 23.1. The second-order valence-corrected chi connectivity index (χ2v) is 8.76. The minimum Gasteiger partial charge on any atom is -0.495 e. The molecule has 0 saturated carbocycles. The van der Waals surface area contributed by atoms with Gasteiger partial charge >= 0.3 is 0 Å². The zero-order valence-corrected chi connectivity index (χ0v) is 21.2. The summed E-state index contributed by atoms with van der Waals surface area (Å²) in [5.74, 6) is 0.249. The summed E-state index contributed by atoms with van der Waals surface area (Å²) < 4.78 is 12.6. The summed E-state index contributed by atoms with van der Waals surface area (Å²) in [6, 6.07) is 19.0. The number of benzene rings is 1. The van der Waals surface area contributed by atoms with Crippen molar-refractivity contribution in [3.05, 3.63) is 96.8 Å². The van der Waals surface area contributed by atoms with Gasteiger partial charge in [-0.25, -0.2) is 0 Å². The van der Waals surface area contributed by atoms with Crippen LogP contribution in [0.4, 0.5) is 11.4 Å². The first-order chi connectivity index (χ1) is 18.1. The van der Waals surface area contributed by atoms with Crippen LogP contribution >= 0.6 is 12.2 Å². The minimum atomic E-state index is -0.283. The Kier molecular flexibility index (Phi) is 7.11. The summed E-state index contributed by atoms with van der Waals surface area (Å²) in [6.07, 6.45) is 7.33. The van der Waals surface area contributed by atoms with E-state index in [2.05, 4.69) is 31.2 Å². The first kappa shape index (κ1) is 24.4. The molecule has 9 nitrogen and oxygen atoms in total. The van der Waals surface area contributed by atoms with E-state index in [9.17, 15) is 4.79 Å². The van der Waals surface area contributed by atoms with Gasteiger partial charge in [-0.05, 0) is 66.8 Å². The molecule has 1 amide bonds. The van der Waals surface area contributed by atoms with E-state index < -0.39 is 0 Å². The molecule has 4 aromatic rings. The smallest absolute Gasteiger partial charge is 0.250 e. The Hall–Kier alpha value is -4.28. The zero-order chi connectivity index (χ0) is 25.8. The Labute approximate surface area is 220 Å². The Bertz CT molecular complexity index is 1400. The SMILES string of the molecule is COCC(=O)Nc1cc(N2C(=S)N[C@H](c3ccccn3)[C@H]2c2cccn2-c2ccncc2)ccc1OC. The number of aromatic nitrogens is 3. The van der Waals surface area contributed by atoms with Gasteiger partial charge in [-0.15, -0.1) is 0 Å². The van der Waals surface area contributed by atoms with Crippen LogP contribution in [0, 0.1) is 0 Å². The van der Waals surface area contributed by atoms with Gasteiger partial charge in [-0.2, -0.15) is 0 Å². The molecule has 3 aromatic heterocycles. The molecule has 0 spiro atoms. The van der Waals surface area contributed by atoms with Crippen molar-refractivity contribution < 1.29 is 14.3 Å². The van der Waals surface area contributed by atoms with Gasteiger partial charge in [0.25, 0.3) is 0 Å². The Morgan fingerprint density at radius 3 is 2.62 bits per heavy atom. The van der Waals surface area contributed by atoms with Crippen LogP contribution in [0.25, 0.3) is 5.69 Å². The zero-order valence-electron chi connectivity index (χ0n) is 20.4. The van der Waals surface area contributed by atoms with Crippen LogP contribution in [0.1, 0.15) is 23.5 Å². The first-order valence-corrected chi connectivity index (χ1v) is 12.1. The number of amides is 1. The molecular formula is C27H26N6O3S. The van der Waals surface area contributed by atoms with Crippen LogP contribution in [-0.4, -0.2) is 46.4 Å². The number of methoxy groups -OCH3 is 2. The molecule has 0 unspecified atom stereocenters. The van der Waals surface area contributed by atoms with E-state index in [1.165, 1.54) is 7.11 Å². The normalized spacial score (nSPS) is 16.9. The predicted octanol–water partition coefficient (Wildman–Crippen LogP) is 4.04. The summed E-state index contributed by atoms with van der Waals surface area (Å²) in [5.41, 5.74) is 4.16. The van der Waals surface area contributed by atoms with E-state index in [0.717, 1.165) is 22.8 Å². The van der Waals surface area contributed by atoms with Crippen molar-refractivity contribution in [3.8, 4) is 11.4 Å². The van der Waals surface area contributed by atoms with Gasteiger partial charge in [0.1, 0.15) is 18.4 Å². The van der Waals surface area contributed by atoms with E-state index in [0.29, 0.717) is 16.5 Å². The van der Waals surface area contributed by atoms with E-state index >= 15 is 0 Å². The third kappa shape index (κ3) is 4.89. The van der Waals surface area contributed by atoms with E-state index in [4.69, 9.17) is 21.7 Å². The lowest BCUT2D eigenvalue weighted by Crippen LogP contribution is -2.30. The number of hydrogen-bond acceptors (Lipinski definition) is 6. The van der Waals surface area contributed by atoms with Crippen LogP contribution < -0.4 is 20.3 Å². The van der Waals surface area contributed by atoms with Crippen molar-refractivity contribution in [2.45, 2.75) is 12.1 Å². The summed E-state index contributed by atoms with van der Waals surface area (Å²) in [6.45, 7) is -0.0686. The first-order valence-electron chi connectivity index (χ1n) is 11.7. The van der Waals surface area contributed by atoms with Gasteiger partial charge in [-0.1, -0.05) is 6.07 Å². The van der Waals surface area contributed by atoms with Crippen LogP contribution in [-0.2, 0) is 9.53 Å². The summed E-state index contributed by atoms with van der Waals surface area (Å²) in [5, 5.41) is 6.89. The third-order valence-electron chi connectivity index (χ3n) is 6.13. The molecule has 5 rings (SSSR count). The number of nitrogens with zero attached hydrogens (tertiary/aromatic N) is 4. The second kappa shape index (κ2) is 10.8. The topological polar surface area (TPSA) is 93.5 Å². The highest BCUT2D eigenvalue weighted by Crippen LogP contribution is 2.43. The lowest BCUT2D eigenvalue weighted by atomic mass is 10.0. The molecule has 0 radical (unpaired) electrons. The molecule has 37 heavy (non-hydrogen) atoms. The Morgan fingerprint density at radius 2 is 1.89 bits per heavy atom. The summed E-state index contributed by atoms with van der Waals surface area (Å²) in [7, 11) is 3.03. The number of thiocarbonyl (C=S) groups is 1. The molecule has 188 valence electrons. The lowest BCUT2D eigenvalue weighted by Gasteiger charge is -2.29. The number of anilines is 2. The van der Waals surface area contributed by atoms with Crippen molar-refractivity contribution in [2.24, 2.45) is 0 Å². The molecule has 10 heteroatoms. The van der Waals surface area contributed by atoms with Gasteiger partial charge in [-0.3, -0.25) is 14.8 Å². The molecule has 2 N–H and O–H groups in total. The molecule has 1 aliphatic rings. The average molecular weight is 515 g/mol. The maximum absolute atomic E-state index is 12.3. The van der Waals surface area contributed by atoms with Crippen molar-refractivity contribution in [3.63, 3.8) is 0 Å². The molecule has 0 bridgehead atoms. The molecule has 1 aliphatic heterocycles. The van der Waals surface area contributed by atoms with Gasteiger partial charge in [0.15, 0.2) is 5.11 Å². The molecule has 0 aliphatic carbocycles. The molecule has 4 heterocycles. The fraction of sp³-hybridized carbons (Fsp3) is 0.185. The van der Waals surface area contributed by atoms with Gasteiger partial charge in [0.05, 0.1) is 24.5 Å². The fourth-order valence-electron chi connectivity index (χ4n) is 4.57. The second-order valence-electron chi connectivity index (χ2n) is 8.37. The molecule has 1 fully saturated rings. The number of carbonyl (C=O) groups is 1. The standard InChI is InChI=1S/C27H26N6O3S/c1-35-17-24(34)30-21-16-19(8-9-23(21)36-2)33-26(25(31-27(33)37)20-6-3-4-12-29-20)22-7-5-15-32(22)18-10-13-28-14-11-18/h3-16,25-26H,17H2,1-2H3,(H,30,34)(H,31,37)/t25-,26-/m1/s1. The predicted molar refractivity (Wildman–Crippen MR) is 145 cm³/mol. The van der Waals surface area contributed by atoms with Gasteiger partial charge < -0.3 is 29.6 Å². The number of rotatable bonds is 8. The molecular weight excluding hydrogens is 488 g/mol. The molecule has 1 saturated heterocycles. The van der Waals surface area contributed by atoms with Crippen LogP contribution in [0.2, 0.25) is 0 Å². The van der Waals surface area contributed by atoms with E-state index in [1.54, 1.807) is 25.7 Å². The number of pyridine rings is 2. The molecule has 2 atom stereocenters. The monoisotopic (exact) mass is 514 g/mol. The van der Waals surface area contributed by atoms with Crippen molar-refractivity contribution in [2.75, 3.05) is 31.0 Å². The van der Waals surface area contributed by atoms with Crippen molar-refractivity contribution in [1.82, 2.24) is 19.9 Å². The van der Waals surface area contributed by atoms with Crippen LogP contribution in [0.15, 0.2) is 85.5 Å². The van der Waals surface area contributed by atoms with E-state index in [1.807, 2.05) is 65.7 Å². The van der Waals surface area contributed by atoms with E-state index in [-0.39, 0.29) is 24.6 Å². The van der Waals surface area contributed by atoms with Crippen LogP contribution in [0.5, 0.6) is 5.75 Å².